The molecule has 98 valence electrons. The predicted octanol–water partition coefficient (Wildman–Crippen LogP) is 5.41. The molecule has 0 saturated carbocycles. The Morgan fingerprint density at radius 2 is 1.89 bits per heavy atom. The average molecular weight is 340 g/mol. The number of halogens is 2. The van der Waals surface area contributed by atoms with Gasteiger partial charge in [0.2, 0.25) is 0 Å². The Hall–Kier alpha value is -1.32. The standard InChI is InChI=1S/C15H12BrClO2/c1-9-3-6-13(17)15(7-9)19-14-8-11(16)4-5-12(14)10(2)18/h3-8H,1-2H3. The molecule has 0 amide bonds. The van der Waals surface area contributed by atoms with E-state index in [-0.39, 0.29) is 5.78 Å². The molecule has 0 unspecified atom stereocenters. The van der Waals surface area contributed by atoms with Gasteiger partial charge in [0, 0.05) is 4.47 Å². The van der Waals surface area contributed by atoms with E-state index < -0.39 is 0 Å². The quantitative estimate of drug-likeness (QED) is 0.699. The lowest BCUT2D eigenvalue weighted by molar-refractivity contribution is 0.101. The Morgan fingerprint density at radius 3 is 2.58 bits per heavy atom. The number of rotatable bonds is 3. The fraction of sp³-hybridized carbons (Fsp3) is 0.133. The Labute approximate surface area is 125 Å². The number of benzene rings is 2. The van der Waals surface area contributed by atoms with Crippen LogP contribution in [0.15, 0.2) is 40.9 Å². The molecule has 4 heteroatoms. The van der Waals surface area contributed by atoms with E-state index in [1.165, 1.54) is 6.92 Å². The van der Waals surface area contributed by atoms with Crippen LogP contribution in [0.1, 0.15) is 22.8 Å². The summed E-state index contributed by atoms with van der Waals surface area (Å²) in [5.74, 6) is 0.989. The maximum Gasteiger partial charge on any atom is 0.163 e. The number of Topliss-reactive ketones (excluding diaryl/α,β-unsaturated/α-hetero) is 1. The van der Waals surface area contributed by atoms with Gasteiger partial charge in [0.15, 0.2) is 5.78 Å². The van der Waals surface area contributed by atoms with Crippen molar-refractivity contribution in [3.05, 3.63) is 57.0 Å². The molecule has 0 atom stereocenters. The van der Waals surface area contributed by atoms with Gasteiger partial charge in [-0.05, 0) is 49.7 Å². The Kier molecular flexibility index (Phi) is 4.27. The number of hydrogen-bond acceptors (Lipinski definition) is 2. The van der Waals surface area contributed by atoms with E-state index >= 15 is 0 Å². The van der Waals surface area contributed by atoms with Gasteiger partial charge in [-0.1, -0.05) is 33.6 Å². The zero-order valence-electron chi connectivity index (χ0n) is 10.5. The molecule has 19 heavy (non-hydrogen) atoms. The van der Waals surface area contributed by atoms with Crippen molar-refractivity contribution in [1.29, 1.82) is 0 Å². The summed E-state index contributed by atoms with van der Waals surface area (Å²) in [5.41, 5.74) is 1.57. The molecule has 0 N–H and O–H groups in total. The van der Waals surface area contributed by atoms with Crippen LogP contribution in [-0.2, 0) is 0 Å². The van der Waals surface area contributed by atoms with Gasteiger partial charge in [0.05, 0.1) is 10.6 Å². The third-order valence-electron chi connectivity index (χ3n) is 2.63. The van der Waals surface area contributed by atoms with E-state index in [1.54, 1.807) is 24.3 Å². The molecule has 0 aliphatic heterocycles. The Bertz CT molecular complexity index is 638. The summed E-state index contributed by atoms with van der Waals surface area (Å²) in [6.45, 7) is 3.46. The van der Waals surface area contributed by atoms with E-state index in [4.69, 9.17) is 16.3 Å². The minimum Gasteiger partial charge on any atom is -0.455 e. The van der Waals surface area contributed by atoms with E-state index in [2.05, 4.69) is 15.9 Å². The molecule has 2 nitrogen and oxygen atoms in total. The summed E-state index contributed by atoms with van der Waals surface area (Å²) >= 11 is 9.46. The molecular formula is C15H12BrClO2. The number of carbonyl (C=O) groups is 1. The highest BCUT2D eigenvalue weighted by Crippen LogP contribution is 2.33. The summed E-state index contributed by atoms with van der Waals surface area (Å²) in [4.78, 5) is 11.6. The second-order valence-corrected chi connectivity index (χ2v) is 5.56. The van der Waals surface area contributed by atoms with E-state index in [1.807, 2.05) is 19.1 Å². The highest BCUT2D eigenvalue weighted by Gasteiger charge is 2.11. The lowest BCUT2D eigenvalue weighted by Gasteiger charge is -2.11. The van der Waals surface area contributed by atoms with Crippen molar-refractivity contribution >= 4 is 33.3 Å². The van der Waals surface area contributed by atoms with Crippen LogP contribution in [0.3, 0.4) is 0 Å². The maximum atomic E-state index is 11.6. The molecule has 2 rings (SSSR count). The van der Waals surface area contributed by atoms with Crippen molar-refractivity contribution in [1.82, 2.24) is 0 Å². The van der Waals surface area contributed by atoms with Gasteiger partial charge in [0.1, 0.15) is 11.5 Å². The zero-order valence-corrected chi connectivity index (χ0v) is 12.9. The lowest BCUT2D eigenvalue weighted by Crippen LogP contribution is -1.97. The Morgan fingerprint density at radius 1 is 1.16 bits per heavy atom. The maximum absolute atomic E-state index is 11.6. The van der Waals surface area contributed by atoms with Crippen LogP contribution >= 0.6 is 27.5 Å². The number of hydrogen-bond donors (Lipinski definition) is 0. The third-order valence-corrected chi connectivity index (χ3v) is 3.44. The van der Waals surface area contributed by atoms with E-state index in [0.717, 1.165) is 10.0 Å². The monoisotopic (exact) mass is 338 g/mol. The number of carbonyl (C=O) groups excluding carboxylic acids is 1. The molecule has 0 aromatic heterocycles. The smallest absolute Gasteiger partial charge is 0.163 e. The summed E-state index contributed by atoms with van der Waals surface area (Å²) in [6, 6.07) is 10.8. The summed E-state index contributed by atoms with van der Waals surface area (Å²) in [7, 11) is 0. The minimum atomic E-state index is -0.0497. The first-order valence-corrected chi connectivity index (χ1v) is 6.89. The zero-order chi connectivity index (χ0) is 14.0. The second-order valence-electron chi connectivity index (χ2n) is 4.23. The molecule has 0 bridgehead atoms. The van der Waals surface area contributed by atoms with Gasteiger partial charge in [-0.3, -0.25) is 4.79 Å². The van der Waals surface area contributed by atoms with E-state index in [9.17, 15) is 4.79 Å². The van der Waals surface area contributed by atoms with Crippen molar-refractivity contribution in [2.24, 2.45) is 0 Å². The third kappa shape index (κ3) is 3.37. The lowest BCUT2D eigenvalue weighted by atomic mass is 10.1. The van der Waals surface area contributed by atoms with Gasteiger partial charge in [0.25, 0.3) is 0 Å². The average Bonchev–Trinajstić information content (AvgIpc) is 2.33. The molecule has 0 radical (unpaired) electrons. The van der Waals surface area contributed by atoms with Crippen molar-refractivity contribution in [2.45, 2.75) is 13.8 Å². The van der Waals surface area contributed by atoms with Crippen LogP contribution < -0.4 is 4.74 Å². The van der Waals surface area contributed by atoms with Gasteiger partial charge in [-0.25, -0.2) is 0 Å². The van der Waals surface area contributed by atoms with Gasteiger partial charge < -0.3 is 4.74 Å². The highest BCUT2D eigenvalue weighted by atomic mass is 79.9. The number of aryl methyl sites for hydroxylation is 1. The van der Waals surface area contributed by atoms with Crippen LogP contribution in [0.2, 0.25) is 5.02 Å². The van der Waals surface area contributed by atoms with Gasteiger partial charge >= 0.3 is 0 Å². The van der Waals surface area contributed by atoms with Gasteiger partial charge in [-0.15, -0.1) is 0 Å². The van der Waals surface area contributed by atoms with Crippen LogP contribution in [0.5, 0.6) is 11.5 Å². The SMILES string of the molecule is CC(=O)c1ccc(Br)cc1Oc1cc(C)ccc1Cl. The number of ketones is 1. The number of ether oxygens (including phenoxy) is 1. The second kappa shape index (κ2) is 5.76. The first kappa shape index (κ1) is 14.1. The Balaban J connectivity index is 2.45. The van der Waals surface area contributed by atoms with Crippen LogP contribution in [-0.4, -0.2) is 5.78 Å². The largest absolute Gasteiger partial charge is 0.455 e. The van der Waals surface area contributed by atoms with E-state index in [0.29, 0.717) is 22.1 Å². The van der Waals surface area contributed by atoms with Crippen LogP contribution in [0.4, 0.5) is 0 Å². The normalized spacial score (nSPS) is 10.3. The molecular weight excluding hydrogens is 328 g/mol. The first-order chi connectivity index (χ1) is 8.97. The molecule has 0 spiro atoms. The topological polar surface area (TPSA) is 26.3 Å². The van der Waals surface area contributed by atoms with Crippen molar-refractivity contribution in [3.63, 3.8) is 0 Å². The summed E-state index contributed by atoms with van der Waals surface area (Å²) in [6.07, 6.45) is 0. The summed E-state index contributed by atoms with van der Waals surface area (Å²) in [5, 5.41) is 0.514. The first-order valence-electron chi connectivity index (χ1n) is 5.72. The predicted molar refractivity (Wildman–Crippen MR) is 80.4 cm³/mol. The fourth-order valence-electron chi connectivity index (χ4n) is 1.68. The highest BCUT2D eigenvalue weighted by molar-refractivity contribution is 9.10. The van der Waals surface area contributed by atoms with Crippen molar-refractivity contribution < 1.29 is 9.53 Å². The summed E-state index contributed by atoms with van der Waals surface area (Å²) < 4.78 is 6.62. The molecule has 0 fully saturated rings. The molecule has 2 aromatic carbocycles. The minimum absolute atomic E-state index is 0.0497. The molecule has 2 aromatic rings. The van der Waals surface area contributed by atoms with Crippen LogP contribution in [0.25, 0.3) is 0 Å². The molecule has 0 saturated heterocycles. The van der Waals surface area contributed by atoms with Crippen LogP contribution in [0, 0.1) is 6.92 Å². The van der Waals surface area contributed by atoms with Gasteiger partial charge in [-0.2, -0.15) is 0 Å². The molecule has 0 heterocycles. The molecule has 0 aliphatic carbocycles. The fourth-order valence-corrected chi connectivity index (χ4v) is 2.17. The van der Waals surface area contributed by atoms with Crippen molar-refractivity contribution in [2.75, 3.05) is 0 Å². The molecule has 0 aliphatic rings. The van der Waals surface area contributed by atoms with Crippen molar-refractivity contribution in [3.8, 4) is 11.5 Å².